The lowest BCUT2D eigenvalue weighted by atomic mass is 10.1. The van der Waals surface area contributed by atoms with E-state index in [0.29, 0.717) is 12.1 Å². The number of hydrogen-bond donors (Lipinski definition) is 2. The van der Waals surface area contributed by atoms with Crippen LogP contribution in [0.1, 0.15) is 24.1 Å². The maximum Gasteiger partial charge on any atom is 0.127 e. The quantitative estimate of drug-likeness (QED) is 0.879. The minimum Gasteiger partial charge on any atom is -0.508 e. The summed E-state index contributed by atoms with van der Waals surface area (Å²) < 4.78 is 18.3. The van der Waals surface area contributed by atoms with Gasteiger partial charge in [-0.25, -0.2) is 4.39 Å². The van der Waals surface area contributed by atoms with Gasteiger partial charge in [0.15, 0.2) is 0 Å². The van der Waals surface area contributed by atoms with Gasteiger partial charge in [0.05, 0.1) is 7.11 Å². The number of nitrogens with one attached hydrogen (secondary N) is 1. The van der Waals surface area contributed by atoms with Crippen molar-refractivity contribution < 1.29 is 14.2 Å². The highest BCUT2D eigenvalue weighted by Crippen LogP contribution is 2.19. The van der Waals surface area contributed by atoms with Gasteiger partial charge >= 0.3 is 0 Å². The second-order valence-corrected chi connectivity index (χ2v) is 4.69. The van der Waals surface area contributed by atoms with Crippen LogP contribution in [0, 0.1) is 5.82 Å². The summed E-state index contributed by atoms with van der Waals surface area (Å²) in [5.74, 6) is 0.328. The Kier molecular flexibility index (Phi) is 4.58. The maximum atomic E-state index is 13.2. The van der Waals surface area contributed by atoms with E-state index in [1.54, 1.807) is 13.2 Å². The molecule has 0 aromatic heterocycles. The first-order valence-electron chi connectivity index (χ1n) is 6.44. The molecule has 0 radical (unpaired) electrons. The lowest BCUT2D eigenvalue weighted by Crippen LogP contribution is -2.18. The fourth-order valence-corrected chi connectivity index (χ4v) is 2.02. The van der Waals surface area contributed by atoms with Crippen molar-refractivity contribution in [1.82, 2.24) is 5.32 Å². The van der Waals surface area contributed by atoms with E-state index in [-0.39, 0.29) is 11.8 Å². The van der Waals surface area contributed by atoms with Crippen LogP contribution in [-0.2, 0) is 6.54 Å². The first-order valence-corrected chi connectivity index (χ1v) is 6.44. The summed E-state index contributed by atoms with van der Waals surface area (Å²) in [6, 6.07) is 12.0. The standard InChI is InChI=1S/C16H18FNO2/c1-11(13-3-5-16(20-2)6-4-13)18-10-12-7-14(17)9-15(19)8-12/h3-9,11,18-19H,10H2,1-2H3/t11-/m1/s1. The second-order valence-electron chi connectivity index (χ2n) is 4.69. The molecule has 2 N–H and O–H groups in total. The zero-order valence-electron chi connectivity index (χ0n) is 11.6. The number of hydrogen-bond acceptors (Lipinski definition) is 3. The normalized spacial score (nSPS) is 12.2. The molecule has 106 valence electrons. The Morgan fingerprint density at radius 3 is 2.50 bits per heavy atom. The van der Waals surface area contributed by atoms with Crippen molar-refractivity contribution in [2.75, 3.05) is 7.11 Å². The van der Waals surface area contributed by atoms with Crippen molar-refractivity contribution in [1.29, 1.82) is 0 Å². The van der Waals surface area contributed by atoms with Crippen molar-refractivity contribution >= 4 is 0 Å². The van der Waals surface area contributed by atoms with E-state index in [4.69, 9.17) is 4.74 Å². The zero-order valence-corrected chi connectivity index (χ0v) is 11.6. The molecule has 0 aliphatic heterocycles. The minimum atomic E-state index is -0.432. The molecule has 0 heterocycles. The van der Waals surface area contributed by atoms with Gasteiger partial charge in [0.25, 0.3) is 0 Å². The van der Waals surface area contributed by atoms with Crippen LogP contribution in [-0.4, -0.2) is 12.2 Å². The van der Waals surface area contributed by atoms with Crippen LogP contribution in [0.15, 0.2) is 42.5 Å². The molecule has 0 aliphatic rings. The van der Waals surface area contributed by atoms with Crippen molar-refractivity contribution in [3.63, 3.8) is 0 Å². The van der Waals surface area contributed by atoms with Crippen molar-refractivity contribution in [2.24, 2.45) is 0 Å². The topological polar surface area (TPSA) is 41.5 Å². The molecule has 2 aromatic carbocycles. The Balaban J connectivity index is 1.98. The number of aromatic hydroxyl groups is 1. The molecule has 3 nitrogen and oxygen atoms in total. The van der Waals surface area contributed by atoms with Gasteiger partial charge in [-0.15, -0.1) is 0 Å². The Labute approximate surface area is 118 Å². The molecule has 2 aromatic rings. The summed E-state index contributed by atoms with van der Waals surface area (Å²) in [6.07, 6.45) is 0. The van der Waals surface area contributed by atoms with Crippen LogP contribution in [0.2, 0.25) is 0 Å². The van der Waals surface area contributed by atoms with Crippen molar-refractivity contribution in [3.05, 3.63) is 59.4 Å². The molecular weight excluding hydrogens is 257 g/mol. The summed E-state index contributed by atoms with van der Waals surface area (Å²) in [6.45, 7) is 2.51. The van der Waals surface area contributed by atoms with Gasteiger partial charge in [-0.05, 0) is 42.3 Å². The van der Waals surface area contributed by atoms with Gasteiger partial charge in [-0.1, -0.05) is 12.1 Å². The summed E-state index contributed by atoms with van der Waals surface area (Å²) in [4.78, 5) is 0. The molecule has 0 spiro atoms. The molecule has 0 aliphatic carbocycles. The smallest absolute Gasteiger partial charge is 0.127 e. The van der Waals surface area contributed by atoms with Crippen LogP contribution in [0.3, 0.4) is 0 Å². The predicted octanol–water partition coefficient (Wildman–Crippen LogP) is 3.39. The number of rotatable bonds is 5. The summed E-state index contributed by atoms with van der Waals surface area (Å²) >= 11 is 0. The lowest BCUT2D eigenvalue weighted by Gasteiger charge is -2.15. The van der Waals surface area contributed by atoms with E-state index in [1.165, 1.54) is 6.07 Å². The molecular formula is C16H18FNO2. The number of phenols is 1. The SMILES string of the molecule is COc1ccc([C@@H](C)NCc2cc(O)cc(F)c2)cc1. The summed E-state index contributed by atoms with van der Waals surface area (Å²) in [5.41, 5.74) is 1.83. The number of ether oxygens (including phenoxy) is 1. The average Bonchev–Trinajstić information content (AvgIpc) is 2.44. The number of methoxy groups -OCH3 is 1. The third-order valence-corrected chi connectivity index (χ3v) is 3.17. The van der Waals surface area contributed by atoms with Crippen LogP contribution in [0.5, 0.6) is 11.5 Å². The number of phenolic OH excluding ortho intramolecular Hbond substituents is 1. The highest BCUT2D eigenvalue weighted by Gasteiger charge is 2.06. The highest BCUT2D eigenvalue weighted by atomic mass is 19.1. The Bertz CT molecular complexity index is 549. The second kappa shape index (κ2) is 6.39. The molecule has 0 unspecified atom stereocenters. The van der Waals surface area contributed by atoms with E-state index in [2.05, 4.69) is 5.32 Å². The van der Waals surface area contributed by atoms with E-state index in [9.17, 15) is 9.50 Å². The first-order chi connectivity index (χ1) is 9.58. The fourth-order valence-electron chi connectivity index (χ4n) is 2.02. The zero-order chi connectivity index (χ0) is 14.5. The lowest BCUT2D eigenvalue weighted by molar-refractivity contribution is 0.414. The van der Waals surface area contributed by atoms with Crippen LogP contribution in [0.4, 0.5) is 4.39 Å². The Morgan fingerprint density at radius 1 is 1.20 bits per heavy atom. The van der Waals surface area contributed by atoms with Gasteiger partial charge in [-0.2, -0.15) is 0 Å². The van der Waals surface area contributed by atoms with Gasteiger partial charge < -0.3 is 15.2 Å². The van der Waals surface area contributed by atoms with Gasteiger partial charge in [-0.3, -0.25) is 0 Å². The highest BCUT2D eigenvalue weighted by molar-refractivity contribution is 5.30. The molecule has 20 heavy (non-hydrogen) atoms. The van der Waals surface area contributed by atoms with E-state index < -0.39 is 5.82 Å². The van der Waals surface area contributed by atoms with Crippen molar-refractivity contribution in [2.45, 2.75) is 19.5 Å². The van der Waals surface area contributed by atoms with Crippen LogP contribution >= 0.6 is 0 Å². The number of benzene rings is 2. The van der Waals surface area contributed by atoms with Crippen molar-refractivity contribution in [3.8, 4) is 11.5 Å². The maximum absolute atomic E-state index is 13.2. The number of halogens is 1. The molecule has 2 rings (SSSR count). The molecule has 0 saturated carbocycles. The third-order valence-electron chi connectivity index (χ3n) is 3.17. The largest absolute Gasteiger partial charge is 0.508 e. The van der Waals surface area contributed by atoms with Crippen LogP contribution in [0.25, 0.3) is 0 Å². The monoisotopic (exact) mass is 275 g/mol. The first kappa shape index (κ1) is 14.3. The molecule has 4 heteroatoms. The fraction of sp³-hybridized carbons (Fsp3) is 0.250. The molecule has 0 amide bonds. The molecule has 0 bridgehead atoms. The van der Waals surface area contributed by atoms with Crippen LogP contribution < -0.4 is 10.1 Å². The summed E-state index contributed by atoms with van der Waals surface area (Å²) in [7, 11) is 1.63. The van der Waals surface area contributed by atoms with E-state index in [0.717, 1.165) is 17.4 Å². The van der Waals surface area contributed by atoms with E-state index >= 15 is 0 Å². The molecule has 1 atom stereocenters. The van der Waals surface area contributed by atoms with Gasteiger partial charge in [0.1, 0.15) is 17.3 Å². The predicted molar refractivity (Wildman–Crippen MR) is 76.3 cm³/mol. The average molecular weight is 275 g/mol. The van der Waals surface area contributed by atoms with Gasteiger partial charge in [0, 0.05) is 18.7 Å². The molecule has 0 saturated heterocycles. The van der Waals surface area contributed by atoms with Gasteiger partial charge in [0.2, 0.25) is 0 Å². The summed E-state index contributed by atoms with van der Waals surface area (Å²) in [5, 5.41) is 12.6. The Hall–Kier alpha value is -2.07. The minimum absolute atomic E-state index is 0.0566. The Morgan fingerprint density at radius 2 is 1.90 bits per heavy atom. The third kappa shape index (κ3) is 3.71. The van der Waals surface area contributed by atoms with E-state index in [1.807, 2.05) is 31.2 Å². The molecule has 0 fully saturated rings.